The van der Waals surface area contributed by atoms with Crippen molar-refractivity contribution >= 4 is 60.2 Å². The van der Waals surface area contributed by atoms with Crippen molar-refractivity contribution in [3.8, 4) is 55.6 Å². The molecule has 13 aromatic carbocycles. The van der Waals surface area contributed by atoms with E-state index in [4.69, 9.17) is 0 Å². The molecule has 2 aliphatic rings. The van der Waals surface area contributed by atoms with Crippen LogP contribution in [0, 0.1) is 0 Å². The minimum absolute atomic E-state index is 0.534. The number of hydrogen-bond acceptors (Lipinski definition) is 1. The summed E-state index contributed by atoms with van der Waals surface area (Å²) in [6.07, 6.45) is 0. The Morgan fingerprint density at radius 1 is 0.222 bits per heavy atom. The molecular weight excluding hydrogens is 867 g/mol. The molecule has 0 aliphatic heterocycles. The molecule has 0 unspecified atom stereocenters. The van der Waals surface area contributed by atoms with Crippen LogP contribution < -0.4 is 4.90 Å². The van der Waals surface area contributed by atoms with Crippen LogP contribution in [0.5, 0.6) is 0 Å². The molecule has 0 amide bonds. The lowest BCUT2D eigenvalue weighted by molar-refractivity contribution is 0.794. The monoisotopic (exact) mass is 911 g/mol. The molecule has 0 fully saturated rings. The zero-order valence-corrected chi connectivity index (χ0v) is 39.4. The first kappa shape index (κ1) is 40.6. The average Bonchev–Trinajstić information content (AvgIpc) is 3.92. The maximum Gasteiger partial charge on any atom is 0.0726 e. The van der Waals surface area contributed by atoms with E-state index in [2.05, 4.69) is 278 Å². The van der Waals surface area contributed by atoms with E-state index in [1.165, 1.54) is 104 Å². The molecule has 0 heterocycles. The summed E-state index contributed by atoms with van der Waals surface area (Å²) in [6, 6.07) is 102. The van der Waals surface area contributed by atoms with E-state index in [0.29, 0.717) is 0 Å². The Balaban J connectivity index is 1.07. The Kier molecular flexibility index (Phi) is 8.94. The van der Waals surface area contributed by atoms with Crippen LogP contribution in [0.1, 0.15) is 22.3 Å². The van der Waals surface area contributed by atoms with Gasteiger partial charge >= 0.3 is 0 Å². The summed E-state index contributed by atoms with van der Waals surface area (Å²) in [5, 5.41) is 10.0. The molecule has 72 heavy (non-hydrogen) atoms. The van der Waals surface area contributed by atoms with Gasteiger partial charge in [0, 0.05) is 16.8 Å². The summed E-state index contributed by atoms with van der Waals surface area (Å²) in [7, 11) is 0. The van der Waals surface area contributed by atoms with Gasteiger partial charge in [-0.2, -0.15) is 0 Å². The van der Waals surface area contributed by atoms with E-state index in [1.54, 1.807) is 0 Å². The average molecular weight is 912 g/mol. The van der Waals surface area contributed by atoms with Crippen molar-refractivity contribution in [1.82, 2.24) is 0 Å². The highest BCUT2D eigenvalue weighted by molar-refractivity contribution is 6.26. The molecule has 334 valence electrons. The number of nitrogens with zero attached hydrogens (tertiary/aromatic N) is 1. The summed E-state index contributed by atoms with van der Waals surface area (Å²) < 4.78 is 0. The second kappa shape index (κ2) is 15.9. The van der Waals surface area contributed by atoms with Crippen molar-refractivity contribution in [2.45, 2.75) is 5.41 Å². The molecule has 1 spiro atoms. The van der Waals surface area contributed by atoms with Gasteiger partial charge in [0.2, 0.25) is 0 Å². The summed E-state index contributed by atoms with van der Waals surface area (Å²) in [4.78, 5) is 2.57. The van der Waals surface area contributed by atoms with E-state index in [9.17, 15) is 0 Å². The van der Waals surface area contributed by atoms with Crippen molar-refractivity contribution in [1.29, 1.82) is 0 Å². The second-order valence-electron chi connectivity index (χ2n) is 19.4. The van der Waals surface area contributed by atoms with Crippen LogP contribution >= 0.6 is 0 Å². The molecule has 0 saturated heterocycles. The Morgan fingerprint density at radius 2 is 0.667 bits per heavy atom. The first-order valence-electron chi connectivity index (χ1n) is 25.1. The fourth-order valence-electron chi connectivity index (χ4n) is 12.8. The summed E-state index contributed by atoms with van der Waals surface area (Å²) in [5.74, 6) is 0. The van der Waals surface area contributed by atoms with Crippen LogP contribution in [-0.2, 0) is 5.41 Å². The topological polar surface area (TPSA) is 3.24 Å². The standard InChI is InChI=1S/C71H45N/c1-2-19-47(20-3-1)53-24-13-17-36-69(53)72(50-41-42-58-56-27-7-6-25-54(56)55-26-8-9-28-57(55)63(58)43-50)70-45-68-64(44-62(70)49-39-37-48(38-40-49)52-32-18-22-46-21-4-5-23-51(46)52)61-31-12-16-35-67(61)71(68)65-33-14-10-29-59(65)60-30-11-15-34-66(60)71/h1-45H. The van der Waals surface area contributed by atoms with Gasteiger partial charge in [-0.3, -0.25) is 0 Å². The molecule has 1 heteroatoms. The number of rotatable bonds is 6. The van der Waals surface area contributed by atoms with Gasteiger partial charge in [0.1, 0.15) is 0 Å². The predicted octanol–water partition coefficient (Wildman–Crippen LogP) is 19.1. The molecule has 0 bridgehead atoms. The molecule has 2 aliphatic carbocycles. The normalized spacial score (nSPS) is 12.8. The third-order valence-corrected chi connectivity index (χ3v) is 15.9. The molecule has 0 N–H and O–H groups in total. The van der Waals surface area contributed by atoms with Gasteiger partial charge in [-0.05, 0) is 140 Å². The highest BCUT2D eigenvalue weighted by atomic mass is 15.1. The number of para-hydroxylation sites is 1. The van der Waals surface area contributed by atoms with Crippen molar-refractivity contribution in [2.75, 3.05) is 4.90 Å². The summed E-state index contributed by atoms with van der Waals surface area (Å²) in [5.41, 5.74) is 20.3. The Hall–Kier alpha value is -9.30. The Labute approximate surface area is 419 Å². The molecular formula is C71H45N. The van der Waals surface area contributed by atoms with Gasteiger partial charge in [-0.25, -0.2) is 0 Å². The Morgan fingerprint density at radius 3 is 1.31 bits per heavy atom. The van der Waals surface area contributed by atoms with Crippen molar-refractivity contribution in [3.05, 3.63) is 295 Å². The fraction of sp³-hybridized carbons (Fsp3) is 0.0141. The van der Waals surface area contributed by atoms with Crippen molar-refractivity contribution < 1.29 is 0 Å². The van der Waals surface area contributed by atoms with Crippen LogP contribution in [0.4, 0.5) is 17.1 Å². The largest absolute Gasteiger partial charge is 0.309 e. The zero-order chi connectivity index (χ0) is 47.3. The van der Waals surface area contributed by atoms with Gasteiger partial charge < -0.3 is 4.90 Å². The van der Waals surface area contributed by atoms with Gasteiger partial charge in [0.25, 0.3) is 0 Å². The highest BCUT2D eigenvalue weighted by Gasteiger charge is 2.52. The lowest BCUT2D eigenvalue weighted by Crippen LogP contribution is -2.26. The molecule has 0 atom stereocenters. The minimum Gasteiger partial charge on any atom is -0.309 e. The van der Waals surface area contributed by atoms with Crippen LogP contribution in [0.3, 0.4) is 0 Å². The van der Waals surface area contributed by atoms with Crippen molar-refractivity contribution in [2.24, 2.45) is 0 Å². The van der Waals surface area contributed by atoms with Crippen LogP contribution in [-0.4, -0.2) is 0 Å². The number of fused-ring (bicyclic) bond motifs is 17. The molecule has 1 nitrogen and oxygen atoms in total. The predicted molar refractivity (Wildman–Crippen MR) is 304 cm³/mol. The maximum absolute atomic E-state index is 2.58. The summed E-state index contributed by atoms with van der Waals surface area (Å²) in [6.45, 7) is 0. The lowest BCUT2D eigenvalue weighted by Gasteiger charge is -2.34. The zero-order valence-electron chi connectivity index (χ0n) is 39.4. The van der Waals surface area contributed by atoms with Gasteiger partial charge in [0.15, 0.2) is 0 Å². The first-order chi connectivity index (χ1) is 35.7. The highest BCUT2D eigenvalue weighted by Crippen LogP contribution is 2.64. The van der Waals surface area contributed by atoms with Crippen molar-refractivity contribution in [3.63, 3.8) is 0 Å². The maximum atomic E-state index is 2.58. The molecule has 0 saturated carbocycles. The molecule has 0 aromatic heterocycles. The third kappa shape index (κ3) is 5.83. The quantitative estimate of drug-likeness (QED) is 0.150. The fourth-order valence-corrected chi connectivity index (χ4v) is 12.8. The van der Waals surface area contributed by atoms with E-state index in [0.717, 1.165) is 33.8 Å². The number of anilines is 3. The van der Waals surface area contributed by atoms with Gasteiger partial charge in [0.05, 0.1) is 16.8 Å². The minimum atomic E-state index is -0.534. The smallest absolute Gasteiger partial charge is 0.0726 e. The second-order valence-corrected chi connectivity index (χ2v) is 19.4. The molecule has 0 radical (unpaired) electrons. The lowest BCUT2D eigenvalue weighted by atomic mass is 9.70. The SMILES string of the molecule is c1ccc(-c2ccccc2N(c2ccc3c4ccccc4c4ccccc4c3c2)c2cc3c(cc2-c2ccc(-c4cccc5ccccc45)cc2)-c2ccccc2C32c3ccccc3-c3ccccc32)cc1. The Bertz CT molecular complexity index is 4250. The van der Waals surface area contributed by atoms with E-state index in [-0.39, 0.29) is 0 Å². The van der Waals surface area contributed by atoms with Crippen LogP contribution in [0.25, 0.3) is 98.7 Å². The van der Waals surface area contributed by atoms with E-state index < -0.39 is 5.41 Å². The van der Waals surface area contributed by atoms with E-state index in [1.807, 2.05) is 0 Å². The van der Waals surface area contributed by atoms with Crippen LogP contribution in [0.2, 0.25) is 0 Å². The number of benzene rings is 13. The number of hydrogen-bond donors (Lipinski definition) is 0. The first-order valence-corrected chi connectivity index (χ1v) is 25.1. The van der Waals surface area contributed by atoms with Gasteiger partial charge in [-0.15, -0.1) is 0 Å². The summed E-state index contributed by atoms with van der Waals surface area (Å²) >= 11 is 0. The third-order valence-electron chi connectivity index (χ3n) is 15.9. The molecule has 13 aromatic rings. The van der Waals surface area contributed by atoms with E-state index >= 15 is 0 Å². The van der Waals surface area contributed by atoms with Gasteiger partial charge in [-0.1, -0.05) is 243 Å². The molecule has 15 rings (SSSR count). The van der Waals surface area contributed by atoms with Crippen LogP contribution in [0.15, 0.2) is 273 Å².